The minimum absolute atomic E-state index is 0.213. The Morgan fingerprint density at radius 2 is 0.649 bits per heavy atom. The molecular formula is C90H74N4. The summed E-state index contributed by atoms with van der Waals surface area (Å²) in [5.41, 5.74) is 27.7. The highest BCUT2D eigenvalue weighted by atomic mass is 15.2. The molecule has 0 radical (unpaired) electrons. The quantitative estimate of drug-likeness (QED) is 0.113. The molecule has 0 saturated heterocycles. The Bertz CT molecular complexity index is 5300. The molecule has 2 aliphatic rings. The van der Waals surface area contributed by atoms with Gasteiger partial charge in [-0.15, -0.1) is 0 Å². The number of hydrogen-bond donors (Lipinski definition) is 0. The number of anilines is 6. The number of hydrogen-bond acceptors (Lipinski definition) is 2. The van der Waals surface area contributed by atoms with Crippen LogP contribution in [0, 0.1) is 0 Å². The lowest BCUT2D eigenvalue weighted by molar-refractivity contribution is 0.686. The summed E-state index contributed by atoms with van der Waals surface area (Å²) in [5, 5.41) is 12.8. The van der Waals surface area contributed by atoms with Gasteiger partial charge in [0.25, 0.3) is 0 Å². The van der Waals surface area contributed by atoms with Crippen LogP contribution in [0.1, 0.15) is 98.6 Å². The van der Waals surface area contributed by atoms with E-state index in [1.54, 1.807) is 0 Å². The Kier molecular flexibility index (Phi) is 13.5. The fourth-order valence-electron chi connectivity index (χ4n) is 17.0. The molecule has 18 rings (SSSR count). The summed E-state index contributed by atoms with van der Waals surface area (Å²) in [6.45, 7) is 9.63. The molecule has 94 heavy (non-hydrogen) atoms. The molecule has 4 nitrogen and oxygen atoms in total. The van der Waals surface area contributed by atoms with Gasteiger partial charge in [-0.3, -0.25) is 0 Å². The smallest absolute Gasteiger partial charge is 0.0782 e. The van der Waals surface area contributed by atoms with Gasteiger partial charge in [0, 0.05) is 54.8 Å². The third-order valence-electron chi connectivity index (χ3n) is 21.2. The zero-order chi connectivity index (χ0) is 62.7. The second-order valence-corrected chi connectivity index (χ2v) is 27.1. The summed E-state index contributed by atoms with van der Waals surface area (Å²) in [6.07, 6.45) is 8.96. The van der Waals surface area contributed by atoms with Crippen molar-refractivity contribution < 1.29 is 0 Å². The molecule has 14 aromatic carbocycles. The standard InChI is InChI=1S/C90H74N4/c1-57(2)75-55-85(91(77-47-23-33-61-31-11-13-35-63(61)77)83-49-25-41-71-67-39-17-21-45-81(67)93(89(71)83)79-43-19-15-37-65(79)59-27-7-5-8-28-59)73-54-52-70-76(58(3)4)56-86(74-53-51-69(75)87(73)88(70)74)92(78-48-24-34-62-32-12-14-36-64(62)78)84-50-26-42-72-68-40-18-22-46-82(68)94(90(72)84)80-44-20-16-38-66(80)60-29-9-6-10-30-60/h5-10,15-30,33-34,37-58H,11-14,31-32,35-36H2,1-4H3. The molecule has 0 saturated carbocycles. The van der Waals surface area contributed by atoms with Crippen LogP contribution in [0.3, 0.4) is 0 Å². The van der Waals surface area contributed by atoms with E-state index in [1.807, 2.05) is 0 Å². The molecule has 454 valence electrons. The molecule has 16 aromatic rings. The van der Waals surface area contributed by atoms with E-state index >= 15 is 0 Å². The van der Waals surface area contributed by atoms with Gasteiger partial charge in [-0.05, 0) is 190 Å². The molecule has 0 N–H and O–H groups in total. The minimum atomic E-state index is 0.213. The Morgan fingerprint density at radius 3 is 1.10 bits per heavy atom. The van der Waals surface area contributed by atoms with E-state index < -0.39 is 0 Å². The largest absolute Gasteiger partial charge is 0.307 e. The number of benzene rings is 14. The molecule has 0 aliphatic heterocycles. The molecule has 2 aliphatic carbocycles. The van der Waals surface area contributed by atoms with Crippen LogP contribution in [-0.4, -0.2) is 9.13 Å². The minimum Gasteiger partial charge on any atom is -0.307 e. The zero-order valence-corrected chi connectivity index (χ0v) is 54.0. The molecule has 0 amide bonds. The fraction of sp³-hybridized carbons (Fsp3) is 0.156. The number of aromatic nitrogens is 2. The van der Waals surface area contributed by atoms with Crippen LogP contribution in [0.15, 0.2) is 267 Å². The zero-order valence-electron chi connectivity index (χ0n) is 54.0. The van der Waals surface area contributed by atoms with E-state index in [0.717, 1.165) is 37.1 Å². The molecular weight excluding hydrogens is 1140 g/mol. The number of aryl methyl sites for hydroxylation is 2. The summed E-state index contributed by atoms with van der Waals surface area (Å²) in [5.74, 6) is 0.425. The van der Waals surface area contributed by atoms with Crippen molar-refractivity contribution in [1.82, 2.24) is 9.13 Å². The normalized spacial score (nSPS) is 13.4. The predicted molar refractivity (Wildman–Crippen MR) is 401 cm³/mol. The summed E-state index contributed by atoms with van der Waals surface area (Å²) < 4.78 is 5.17. The van der Waals surface area contributed by atoms with Crippen molar-refractivity contribution in [3.05, 3.63) is 300 Å². The summed E-state index contributed by atoms with van der Waals surface area (Å²) >= 11 is 0. The van der Waals surface area contributed by atoms with Gasteiger partial charge < -0.3 is 18.9 Å². The molecule has 4 heteroatoms. The van der Waals surface area contributed by atoms with E-state index in [2.05, 4.69) is 314 Å². The molecule has 0 spiro atoms. The Hall–Kier alpha value is -10.7. The second kappa shape index (κ2) is 22.6. The molecule has 2 heterocycles. The predicted octanol–water partition coefficient (Wildman–Crippen LogP) is 25.1. The van der Waals surface area contributed by atoms with Crippen LogP contribution in [0.5, 0.6) is 0 Å². The monoisotopic (exact) mass is 1210 g/mol. The highest BCUT2D eigenvalue weighted by molar-refractivity contribution is 6.30. The SMILES string of the molecule is CC(C)c1cc(N(c2cccc3c2CCCC3)c2cccc3c4ccccc4n(-c4ccccc4-c4ccccc4)c23)c2ccc3c(C(C)C)cc(N(c4cccc5c4CCCC5)c4cccc5c6ccccc6n(-c6ccccc6-c6ccccc6)c45)c4ccc1c2c34. The van der Waals surface area contributed by atoms with Crippen molar-refractivity contribution in [3.63, 3.8) is 0 Å². The number of rotatable bonds is 12. The maximum atomic E-state index is 2.73. The van der Waals surface area contributed by atoms with Crippen molar-refractivity contribution in [2.24, 2.45) is 0 Å². The third kappa shape index (κ3) is 8.72. The van der Waals surface area contributed by atoms with Crippen molar-refractivity contribution in [2.75, 3.05) is 9.80 Å². The van der Waals surface area contributed by atoms with Gasteiger partial charge >= 0.3 is 0 Å². The first-order valence-corrected chi connectivity index (χ1v) is 34.3. The number of fused-ring (bicyclic) bond motifs is 8. The first-order chi connectivity index (χ1) is 46.4. The first-order valence-electron chi connectivity index (χ1n) is 34.3. The molecule has 0 unspecified atom stereocenters. The highest BCUT2D eigenvalue weighted by Crippen LogP contribution is 2.55. The van der Waals surface area contributed by atoms with Crippen molar-refractivity contribution in [1.29, 1.82) is 0 Å². The Morgan fingerprint density at radius 1 is 0.287 bits per heavy atom. The van der Waals surface area contributed by atoms with Gasteiger partial charge in [-0.1, -0.05) is 234 Å². The number of nitrogens with zero attached hydrogens (tertiary/aromatic N) is 4. The molecule has 0 bridgehead atoms. The van der Waals surface area contributed by atoms with E-state index in [4.69, 9.17) is 0 Å². The maximum Gasteiger partial charge on any atom is 0.0782 e. The van der Waals surface area contributed by atoms with Crippen molar-refractivity contribution in [2.45, 2.75) is 90.9 Å². The topological polar surface area (TPSA) is 16.3 Å². The fourth-order valence-corrected chi connectivity index (χ4v) is 17.0. The summed E-state index contributed by atoms with van der Waals surface area (Å²) in [7, 11) is 0. The Balaban J connectivity index is 0.969. The van der Waals surface area contributed by atoms with Gasteiger partial charge in [0.15, 0.2) is 0 Å². The van der Waals surface area contributed by atoms with Gasteiger partial charge in [0.1, 0.15) is 0 Å². The van der Waals surface area contributed by atoms with E-state index in [-0.39, 0.29) is 11.8 Å². The van der Waals surface area contributed by atoms with Crippen LogP contribution in [-0.2, 0) is 25.7 Å². The van der Waals surface area contributed by atoms with Gasteiger partial charge in [0.2, 0.25) is 0 Å². The first kappa shape index (κ1) is 56.1. The molecule has 2 aromatic heterocycles. The molecule has 0 fully saturated rings. The molecule has 0 atom stereocenters. The van der Waals surface area contributed by atoms with Crippen LogP contribution in [0.4, 0.5) is 34.1 Å². The second-order valence-electron chi connectivity index (χ2n) is 27.1. The van der Waals surface area contributed by atoms with Crippen molar-refractivity contribution >= 4 is 110 Å². The van der Waals surface area contributed by atoms with Gasteiger partial charge in [-0.25, -0.2) is 0 Å². The van der Waals surface area contributed by atoms with Crippen LogP contribution >= 0.6 is 0 Å². The highest BCUT2D eigenvalue weighted by Gasteiger charge is 2.32. The average Bonchev–Trinajstić information content (AvgIpc) is 0.976. The lowest BCUT2D eigenvalue weighted by Crippen LogP contribution is -2.18. The van der Waals surface area contributed by atoms with E-state index in [1.165, 1.54) is 191 Å². The van der Waals surface area contributed by atoms with Crippen LogP contribution in [0.25, 0.3) is 110 Å². The van der Waals surface area contributed by atoms with Gasteiger partial charge in [0.05, 0.1) is 56.2 Å². The Labute approximate surface area is 550 Å². The van der Waals surface area contributed by atoms with Crippen LogP contribution in [0.2, 0.25) is 0 Å². The van der Waals surface area contributed by atoms with Gasteiger partial charge in [-0.2, -0.15) is 0 Å². The average molecular weight is 1210 g/mol. The number of para-hydroxylation sites is 6. The van der Waals surface area contributed by atoms with Crippen LogP contribution < -0.4 is 9.80 Å². The lowest BCUT2D eigenvalue weighted by atomic mass is 9.83. The lowest BCUT2D eigenvalue weighted by Gasteiger charge is -2.34. The summed E-state index contributed by atoms with van der Waals surface area (Å²) in [6, 6.07) is 102. The maximum absolute atomic E-state index is 2.73. The van der Waals surface area contributed by atoms with E-state index in [9.17, 15) is 0 Å². The third-order valence-corrected chi connectivity index (χ3v) is 21.2. The van der Waals surface area contributed by atoms with E-state index in [0.29, 0.717) is 0 Å². The van der Waals surface area contributed by atoms with Crippen molar-refractivity contribution in [3.8, 4) is 33.6 Å². The summed E-state index contributed by atoms with van der Waals surface area (Å²) in [4.78, 5) is 5.45.